The van der Waals surface area contributed by atoms with Gasteiger partial charge in [0.1, 0.15) is 0 Å². The Labute approximate surface area is 104 Å². The minimum absolute atomic E-state index is 0.0717. The molecule has 92 valence electrons. The largest absolute Gasteiger partial charge is 0.295 e. The maximum Gasteiger partial charge on any atom is 0.227 e. The van der Waals surface area contributed by atoms with E-state index in [0.717, 1.165) is 0 Å². The predicted molar refractivity (Wildman–Crippen MR) is 68.2 cm³/mol. The highest BCUT2D eigenvalue weighted by molar-refractivity contribution is 6.10. The number of carbonyl (C=O) groups excluding carboxylic acids is 3. The number of nitrogens with zero attached hydrogens (tertiary/aromatic N) is 1. The van der Waals surface area contributed by atoms with Gasteiger partial charge in [-0.15, -0.1) is 0 Å². The molecule has 0 saturated heterocycles. The molecule has 4 heteroatoms. The summed E-state index contributed by atoms with van der Waals surface area (Å²) in [5, 5.41) is 0.697. The molecule has 0 spiro atoms. The van der Waals surface area contributed by atoms with Crippen molar-refractivity contribution in [1.29, 1.82) is 0 Å². The van der Waals surface area contributed by atoms with Gasteiger partial charge in [0, 0.05) is 29.6 Å². The molecule has 1 aromatic carbocycles. The second kappa shape index (κ2) is 4.22. The Morgan fingerprint density at radius 2 is 1.67 bits per heavy atom. The van der Waals surface area contributed by atoms with Crippen LogP contribution in [0.4, 0.5) is 0 Å². The summed E-state index contributed by atoms with van der Waals surface area (Å²) in [5.74, 6) is -0.360. The molecule has 2 aromatic rings. The van der Waals surface area contributed by atoms with E-state index in [1.807, 2.05) is 0 Å². The third-order valence-corrected chi connectivity index (χ3v) is 2.93. The van der Waals surface area contributed by atoms with Crippen LogP contribution in [0.25, 0.3) is 10.9 Å². The van der Waals surface area contributed by atoms with Gasteiger partial charge in [0.25, 0.3) is 0 Å². The van der Waals surface area contributed by atoms with E-state index < -0.39 is 0 Å². The van der Waals surface area contributed by atoms with Crippen LogP contribution in [0.5, 0.6) is 0 Å². The maximum absolute atomic E-state index is 11.5. The van der Waals surface area contributed by atoms with Crippen molar-refractivity contribution >= 4 is 28.4 Å². The Balaban J connectivity index is 2.83. The molecule has 1 heterocycles. The third kappa shape index (κ3) is 1.86. The first-order valence-corrected chi connectivity index (χ1v) is 5.59. The molecule has 0 radical (unpaired) electrons. The summed E-state index contributed by atoms with van der Waals surface area (Å²) in [6.07, 6.45) is 1.53. The average molecular weight is 243 g/mol. The predicted octanol–water partition coefficient (Wildman–Crippen LogP) is 2.71. The van der Waals surface area contributed by atoms with Crippen LogP contribution in [0.1, 0.15) is 46.3 Å². The maximum atomic E-state index is 11.5. The lowest BCUT2D eigenvalue weighted by Gasteiger charge is -2.01. The van der Waals surface area contributed by atoms with Crippen LogP contribution in [-0.4, -0.2) is 22.0 Å². The second-order valence-electron chi connectivity index (χ2n) is 4.28. The quantitative estimate of drug-likeness (QED) is 0.762. The molecule has 0 aliphatic rings. The van der Waals surface area contributed by atoms with Crippen LogP contribution in [0, 0.1) is 0 Å². The van der Waals surface area contributed by atoms with Crippen LogP contribution >= 0.6 is 0 Å². The van der Waals surface area contributed by atoms with Crippen molar-refractivity contribution < 1.29 is 14.4 Å². The molecule has 0 bridgehead atoms. The van der Waals surface area contributed by atoms with E-state index in [-0.39, 0.29) is 17.5 Å². The van der Waals surface area contributed by atoms with Crippen LogP contribution in [0.3, 0.4) is 0 Å². The Morgan fingerprint density at radius 1 is 1.00 bits per heavy atom. The fourth-order valence-corrected chi connectivity index (χ4v) is 1.99. The molecule has 4 nitrogen and oxygen atoms in total. The first-order chi connectivity index (χ1) is 8.41. The molecule has 0 unspecified atom stereocenters. The Hall–Kier alpha value is -2.23. The van der Waals surface area contributed by atoms with Crippen molar-refractivity contribution in [3.8, 4) is 0 Å². The highest BCUT2D eigenvalue weighted by Crippen LogP contribution is 2.23. The molecule has 2 rings (SSSR count). The summed E-state index contributed by atoms with van der Waals surface area (Å²) in [7, 11) is 0. The van der Waals surface area contributed by atoms with Crippen molar-refractivity contribution in [2.24, 2.45) is 0 Å². The number of rotatable bonds is 2. The van der Waals surface area contributed by atoms with E-state index in [1.54, 1.807) is 18.2 Å². The van der Waals surface area contributed by atoms with Gasteiger partial charge >= 0.3 is 0 Å². The van der Waals surface area contributed by atoms with Gasteiger partial charge in [0.05, 0.1) is 5.52 Å². The highest BCUT2D eigenvalue weighted by atomic mass is 16.2. The second-order valence-corrected chi connectivity index (χ2v) is 4.28. The van der Waals surface area contributed by atoms with E-state index in [2.05, 4.69) is 0 Å². The van der Waals surface area contributed by atoms with E-state index in [1.165, 1.54) is 31.5 Å². The summed E-state index contributed by atoms with van der Waals surface area (Å²) >= 11 is 0. The van der Waals surface area contributed by atoms with Crippen molar-refractivity contribution in [2.45, 2.75) is 20.8 Å². The van der Waals surface area contributed by atoms with Gasteiger partial charge in [-0.2, -0.15) is 0 Å². The Bertz CT molecular complexity index is 680. The zero-order chi connectivity index (χ0) is 13.4. The first-order valence-electron chi connectivity index (χ1n) is 5.59. The number of Topliss-reactive ketones (excluding diaryl/α,β-unsaturated/α-hetero) is 2. The number of ketones is 2. The van der Waals surface area contributed by atoms with Gasteiger partial charge in [-0.25, -0.2) is 0 Å². The topological polar surface area (TPSA) is 56.1 Å². The zero-order valence-corrected chi connectivity index (χ0v) is 10.5. The molecule has 0 atom stereocenters. The van der Waals surface area contributed by atoms with Crippen LogP contribution in [0.15, 0.2) is 24.4 Å². The van der Waals surface area contributed by atoms with Crippen molar-refractivity contribution in [3.05, 3.63) is 35.5 Å². The molecule has 18 heavy (non-hydrogen) atoms. The number of benzene rings is 1. The van der Waals surface area contributed by atoms with E-state index in [9.17, 15) is 14.4 Å². The van der Waals surface area contributed by atoms with E-state index >= 15 is 0 Å². The molecule has 0 aliphatic carbocycles. The Kier molecular flexibility index (Phi) is 2.87. The minimum Gasteiger partial charge on any atom is -0.295 e. The summed E-state index contributed by atoms with van der Waals surface area (Å²) < 4.78 is 1.40. The van der Waals surface area contributed by atoms with E-state index in [4.69, 9.17) is 0 Å². The van der Waals surface area contributed by atoms with Crippen LogP contribution < -0.4 is 0 Å². The lowest BCUT2D eigenvalue weighted by atomic mass is 10.1. The molecule has 0 aliphatic heterocycles. The Morgan fingerprint density at radius 3 is 2.17 bits per heavy atom. The standard InChI is InChI=1S/C14H13NO3/c1-8(16)11-4-5-12-13(9(2)17)7-15(10(3)18)14(12)6-11/h4-7H,1-3H3. The lowest BCUT2D eigenvalue weighted by molar-refractivity contribution is 0.0940. The van der Waals surface area contributed by atoms with Crippen molar-refractivity contribution in [2.75, 3.05) is 0 Å². The number of aromatic nitrogens is 1. The van der Waals surface area contributed by atoms with E-state index in [0.29, 0.717) is 22.0 Å². The van der Waals surface area contributed by atoms with Crippen LogP contribution in [0.2, 0.25) is 0 Å². The monoisotopic (exact) mass is 243 g/mol. The molecule has 0 amide bonds. The lowest BCUT2D eigenvalue weighted by Crippen LogP contribution is -2.04. The smallest absolute Gasteiger partial charge is 0.227 e. The molecule has 0 N–H and O–H groups in total. The fraction of sp³-hybridized carbons (Fsp3) is 0.214. The summed E-state index contributed by atoms with van der Waals surface area (Å²) in [6.45, 7) is 4.34. The molecule has 0 fully saturated rings. The first kappa shape index (κ1) is 12.2. The van der Waals surface area contributed by atoms with Gasteiger partial charge < -0.3 is 0 Å². The number of hydrogen-bond donors (Lipinski definition) is 0. The van der Waals surface area contributed by atoms with Gasteiger partial charge in [-0.3, -0.25) is 19.0 Å². The molecule has 0 saturated carbocycles. The SMILES string of the molecule is CC(=O)c1ccc2c(C(C)=O)cn(C(C)=O)c2c1. The van der Waals surface area contributed by atoms with Gasteiger partial charge in [-0.05, 0) is 19.9 Å². The fourth-order valence-electron chi connectivity index (χ4n) is 1.99. The average Bonchev–Trinajstić information content (AvgIpc) is 2.67. The number of fused-ring (bicyclic) bond motifs is 1. The zero-order valence-electron chi connectivity index (χ0n) is 10.5. The van der Waals surface area contributed by atoms with Gasteiger partial charge in [-0.1, -0.05) is 12.1 Å². The summed E-state index contributed by atoms with van der Waals surface area (Å²) in [4.78, 5) is 34.4. The van der Waals surface area contributed by atoms with Gasteiger partial charge in [0.15, 0.2) is 11.6 Å². The molecule has 1 aromatic heterocycles. The highest BCUT2D eigenvalue weighted by Gasteiger charge is 2.15. The van der Waals surface area contributed by atoms with Crippen LogP contribution in [-0.2, 0) is 0 Å². The summed E-state index contributed by atoms with van der Waals surface area (Å²) in [6, 6.07) is 5.02. The molecular weight excluding hydrogens is 230 g/mol. The third-order valence-electron chi connectivity index (χ3n) is 2.93. The van der Waals surface area contributed by atoms with Gasteiger partial charge in [0.2, 0.25) is 5.91 Å². The number of hydrogen-bond acceptors (Lipinski definition) is 3. The van der Waals surface area contributed by atoms with Crippen molar-refractivity contribution in [3.63, 3.8) is 0 Å². The normalized spacial score (nSPS) is 10.6. The minimum atomic E-state index is -0.187. The summed E-state index contributed by atoms with van der Waals surface area (Å²) in [5.41, 5.74) is 1.62. The molecular formula is C14H13NO3. The van der Waals surface area contributed by atoms with Crippen molar-refractivity contribution in [1.82, 2.24) is 4.57 Å². The number of carbonyl (C=O) groups is 3.